The molecule has 0 aromatic heterocycles. The number of hydrogen-bond acceptors (Lipinski definition) is 2. The van der Waals surface area contributed by atoms with Crippen LogP contribution in [0.15, 0.2) is 24.3 Å². The van der Waals surface area contributed by atoms with Crippen LogP contribution in [-0.4, -0.2) is 17.8 Å². The van der Waals surface area contributed by atoms with E-state index in [1.165, 1.54) is 12.1 Å². The minimum atomic E-state index is -0.405. The lowest BCUT2D eigenvalue weighted by molar-refractivity contribution is 0.125. The second-order valence-electron chi connectivity index (χ2n) is 2.54. The van der Waals surface area contributed by atoms with Crippen molar-refractivity contribution in [3.8, 4) is 5.75 Å². The highest BCUT2D eigenvalue weighted by molar-refractivity contribution is 5.23. The lowest BCUT2D eigenvalue weighted by Crippen LogP contribution is -2.16. The summed E-state index contributed by atoms with van der Waals surface area (Å²) >= 11 is 0. The summed E-state index contributed by atoms with van der Waals surface area (Å²) in [7, 11) is 0. The van der Waals surface area contributed by atoms with E-state index in [2.05, 4.69) is 0 Å². The second-order valence-corrected chi connectivity index (χ2v) is 2.54. The molecule has 0 saturated carbocycles. The molecule has 0 aliphatic carbocycles. The third-order valence-electron chi connectivity index (χ3n) is 1.42. The first-order valence-electron chi connectivity index (χ1n) is 3.76. The molecule has 1 rings (SSSR count). The van der Waals surface area contributed by atoms with Gasteiger partial charge in [0.1, 0.15) is 6.10 Å². The first-order chi connectivity index (χ1) is 5.74. The van der Waals surface area contributed by atoms with Gasteiger partial charge >= 0.3 is 0 Å². The molecule has 0 spiro atoms. The molecular weight excluding hydrogens is 159 g/mol. The van der Waals surface area contributed by atoms with Crippen molar-refractivity contribution in [2.24, 2.45) is 0 Å². The highest BCUT2D eigenvalue weighted by Crippen LogP contribution is 2.16. The molecule has 66 valence electrons. The van der Waals surface area contributed by atoms with Crippen molar-refractivity contribution >= 4 is 0 Å². The predicted octanol–water partition coefficient (Wildman–Crippen LogP) is 1.59. The van der Waals surface area contributed by atoms with Crippen LogP contribution in [0.4, 0.5) is 4.39 Å². The van der Waals surface area contributed by atoms with Crippen LogP contribution in [0, 0.1) is 5.82 Å². The first-order valence-corrected chi connectivity index (χ1v) is 3.76. The van der Waals surface area contributed by atoms with Gasteiger partial charge in [-0.3, -0.25) is 0 Å². The number of halogens is 1. The maximum absolute atomic E-state index is 12.9. The number of ether oxygens (including phenoxy) is 1. The maximum atomic E-state index is 12.9. The lowest BCUT2D eigenvalue weighted by atomic mass is 10.3. The van der Waals surface area contributed by atoms with E-state index < -0.39 is 5.82 Å². The Morgan fingerprint density at radius 3 is 2.75 bits per heavy atom. The Labute approximate surface area is 70.6 Å². The number of benzene rings is 1. The quantitative estimate of drug-likeness (QED) is 0.746. The number of aliphatic hydroxyl groups is 1. The van der Waals surface area contributed by atoms with Crippen LogP contribution in [0.3, 0.4) is 0 Å². The van der Waals surface area contributed by atoms with Crippen molar-refractivity contribution in [3.63, 3.8) is 0 Å². The summed E-state index contributed by atoms with van der Waals surface area (Å²) in [5.74, 6) is -0.225. The number of aliphatic hydroxyl groups excluding tert-OH is 1. The molecule has 0 fully saturated rings. The van der Waals surface area contributed by atoms with E-state index >= 15 is 0 Å². The molecule has 2 nitrogen and oxygen atoms in total. The monoisotopic (exact) mass is 170 g/mol. The Bertz CT molecular complexity index is 250. The zero-order chi connectivity index (χ0) is 8.97. The van der Waals surface area contributed by atoms with E-state index in [1.54, 1.807) is 19.1 Å². The summed E-state index contributed by atoms with van der Waals surface area (Å²) in [6.45, 7) is 1.56. The fraction of sp³-hybridized carbons (Fsp3) is 0.333. The Kier molecular flexibility index (Phi) is 3.05. The molecule has 0 unspecified atom stereocenters. The van der Waals surface area contributed by atoms with E-state index in [0.717, 1.165) is 0 Å². The average molecular weight is 170 g/mol. The van der Waals surface area contributed by atoms with Gasteiger partial charge in [-0.25, -0.2) is 4.39 Å². The lowest BCUT2D eigenvalue weighted by Gasteiger charge is -2.11. The van der Waals surface area contributed by atoms with Crippen LogP contribution in [0.5, 0.6) is 5.75 Å². The molecule has 1 aromatic carbocycles. The van der Waals surface area contributed by atoms with E-state index in [-0.39, 0.29) is 18.5 Å². The molecule has 0 radical (unpaired) electrons. The second kappa shape index (κ2) is 4.07. The van der Waals surface area contributed by atoms with Crippen molar-refractivity contribution in [2.45, 2.75) is 13.0 Å². The SMILES string of the molecule is C[C@@H](CO)Oc1ccccc1F. The van der Waals surface area contributed by atoms with Gasteiger partial charge in [-0.1, -0.05) is 12.1 Å². The Morgan fingerprint density at radius 2 is 2.17 bits per heavy atom. The van der Waals surface area contributed by atoms with Gasteiger partial charge < -0.3 is 9.84 Å². The molecule has 12 heavy (non-hydrogen) atoms. The minimum Gasteiger partial charge on any atom is -0.485 e. The normalized spacial score (nSPS) is 12.6. The fourth-order valence-electron chi connectivity index (χ4n) is 0.794. The molecule has 1 atom stereocenters. The van der Waals surface area contributed by atoms with Gasteiger partial charge in [0.25, 0.3) is 0 Å². The molecule has 3 heteroatoms. The highest BCUT2D eigenvalue weighted by Gasteiger charge is 2.05. The molecule has 1 N–H and O–H groups in total. The molecular formula is C9H11FO2. The van der Waals surface area contributed by atoms with E-state index in [1.807, 2.05) is 0 Å². The number of rotatable bonds is 3. The molecule has 0 heterocycles. The third-order valence-corrected chi connectivity index (χ3v) is 1.42. The van der Waals surface area contributed by atoms with Gasteiger partial charge in [-0.2, -0.15) is 0 Å². The predicted molar refractivity (Wildman–Crippen MR) is 43.6 cm³/mol. The van der Waals surface area contributed by atoms with Crippen LogP contribution in [0.2, 0.25) is 0 Å². The van der Waals surface area contributed by atoms with E-state index in [0.29, 0.717) is 0 Å². The number of hydrogen-bond donors (Lipinski definition) is 1. The maximum Gasteiger partial charge on any atom is 0.165 e. The zero-order valence-corrected chi connectivity index (χ0v) is 6.83. The van der Waals surface area contributed by atoms with Crippen molar-refractivity contribution in [1.29, 1.82) is 0 Å². The van der Waals surface area contributed by atoms with Crippen LogP contribution >= 0.6 is 0 Å². The summed E-state index contributed by atoms with van der Waals surface area (Å²) in [4.78, 5) is 0. The van der Waals surface area contributed by atoms with Gasteiger partial charge in [-0.15, -0.1) is 0 Å². The molecule has 0 amide bonds. The Hall–Kier alpha value is -1.09. The van der Waals surface area contributed by atoms with Gasteiger partial charge in [0.15, 0.2) is 11.6 Å². The molecule has 0 aliphatic rings. The first kappa shape index (κ1) is 9.00. The summed E-state index contributed by atoms with van der Waals surface area (Å²) in [6, 6.07) is 6.12. The number of para-hydroxylation sites is 1. The summed E-state index contributed by atoms with van der Waals surface area (Å²) in [5.41, 5.74) is 0. The molecule has 0 bridgehead atoms. The van der Waals surface area contributed by atoms with Crippen LogP contribution in [0.1, 0.15) is 6.92 Å². The van der Waals surface area contributed by atoms with Gasteiger partial charge in [0.2, 0.25) is 0 Å². The van der Waals surface area contributed by atoms with Crippen molar-refractivity contribution in [2.75, 3.05) is 6.61 Å². The Morgan fingerprint density at radius 1 is 1.50 bits per heavy atom. The van der Waals surface area contributed by atoms with Gasteiger partial charge in [-0.05, 0) is 19.1 Å². The zero-order valence-electron chi connectivity index (χ0n) is 6.83. The highest BCUT2D eigenvalue weighted by atomic mass is 19.1. The molecule has 0 saturated heterocycles. The minimum absolute atomic E-state index is 0.117. The Balaban J connectivity index is 2.69. The average Bonchev–Trinajstić information content (AvgIpc) is 2.09. The topological polar surface area (TPSA) is 29.5 Å². The van der Waals surface area contributed by atoms with Crippen LogP contribution in [-0.2, 0) is 0 Å². The van der Waals surface area contributed by atoms with E-state index in [9.17, 15) is 4.39 Å². The molecule has 0 aliphatic heterocycles. The van der Waals surface area contributed by atoms with Crippen LogP contribution in [0.25, 0.3) is 0 Å². The van der Waals surface area contributed by atoms with Crippen molar-refractivity contribution in [3.05, 3.63) is 30.1 Å². The summed E-state index contributed by atoms with van der Waals surface area (Å²) in [5, 5.41) is 8.64. The van der Waals surface area contributed by atoms with Gasteiger partial charge in [0, 0.05) is 0 Å². The summed E-state index contributed by atoms with van der Waals surface area (Å²) < 4.78 is 17.9. The molecule has 1 aromatic rings. The fourth-order valence-corrected chi connectivity index (χ4v) is 0.794. The van der Waals surface area contributed by atoms with Crippen LogP contribution < -0.4 is 4.74 Å². The van der Waals surface area contributed by atoms with Crippen molar-refractivity contribution < 1.29 is 14.2 Å². The largest absolute Gasteiger partial charge is 0.485 e. The van der Waals surface area contributed by atoms with E-state index in [4.69, 9.17) is 9.84 Å². The van der Waals surface area contributed by atoms with Gasteiger partial charge in [0.05, 0.1) is 6.61 Å². The summed E-state index contributed by atoms with van der Waals surface area (Å²) in [6.07, 6.45) is -0.373. The van der Waals surface area contributed by atoms with Crippen molar-refractivity contribution in [1.82, 2.24) is 0 Å². The third kappa shape index (κ3) is 2.20. The standard InChI is InChI=1S/C9H11FO2/c1-7(6-11)12-9-5-3-2-4-8(9)10/h2-5,7,11H,6H2,1H3/t7-/m0/s1. The smallest absolute Gasteiger partial charge is 0.165 e.